The van der Waals surface area contributed by atoms with Crippen LogP contribution in [0.15, 0.2) is 35.4 Å². The molecule has 2 aromatic rings. The number of fused-ring (bicyclic) bond motifs is 1. The van der Waals surface area contributed by atoms with Gasteiger partial charge in [-0.15, -0.1) is 16.9 Å². The highest BCUT2D eigenvalue weighted by molar-refractivity contribution is 8.00. The summed E-state index contributed by atoms with van der Waals surface area (Å²) in [5, 5.41) is 11.3. The summed E-state index contributed by atoms with van der Waals surface area (Å²) in [6.45, 7) is 1.18. The van der Waals surface area contributed by atoms with Crippen LogP contribution in [0.5, 0.6) is 0 Å². The van der Waals surface area contributed by atoms with Crippen LogP contribution in [0.3, 0.4) is 0 Å². The van der Waals surface area contributed by atoms with Gasteiger partial charge in [0.15, 0.2) is 0 Å². The molecule has 0 saturated heterocycles. The monoisotopic (exact) mass is 303 g/mol. The number of rotatable bonds is 5. The van der Waals surface area contributed by atoms with E-state index in [-0.39, 0.29) is 12.5 Å². The Morgan fingerprint density at radius 1 is 1.48 bits per heavy atom. The molecule has 21 heavy (non-hydrogen) atoms. The van der Waals surface area contributed by atoms with E-state index >= 15 is 0 Å². The van der Waals surface area contributed by atoms with Crippen molar-refractivity contribution in [1.82, 2.24) is 20.3 Å². The molecule has 1 aromatic heterocycles. The fourth-order valence-electron chi connectivity index (χ4n) is 2.33. The fourth-order valence-corrected chi connectivity index (χ4v) is 3.64. The molecular weight excluding hydrogens is 286 g/mol. The zero-order valence-corrected chi connectivity index (χ0v) is 12.3. The number of benzene rings is 1. The maximum Gasteiger partial charge on any atom is 0.234 e. The van der Waals surface area contributed by atoms with Crippen LogP contribution in [0, 0.1) is 0 Å². The van der Waals surface area contributed by atoms with E-state index in [9.17, 15) is 4.79 Å². The van der Waals surface area contributed by atoms with Crippen LogP contribution in [0.4, 0.5) is 0 Å². The van der Waals surface area contributed by atoms with Gasteiger partial charge in [0.2, 0.25) is 5.91 Å². The smallest absolute Gasteiger partial charge is 0.234 e. The van der Waals surface area contributed by atoms with Gasteiger partial charge in [0.1, 0.15) is 5.69 Å². The van der Waals surface area contributed by atoms with E-state index in [0.717, 1.165) is 18.7 Å². The van der Waals surface area contributed by atoms with E-state index < -0.39 is 0 Å². The van der Waals surface area contributed by atoms with E-state index in [1.165, 1.54) is 10.5 Å². The summed E-state index contributed by atoms with van der Waals surface area (Å²) >= 11 is 1.89. The van der Waals surface area contributed by atoms with Gasteiger partial charge in [-0.1, -0.05) is 23.4 Å². The first-order valence-electron chi connectivity index (χ1n) is 6.85. The van der Waals surface area contributed by atoms with E-state index in [4.69, 9.17) is 5.73 Å². The van der Waals surface area contributed by atoms with Crippen LogP contribution in [0.25, 0.3) is 0 Å². The van der Waals surface area contributed by atoms with Crippen LogP contribution < -0.4 is 11.1 Å². The molecule has 3 rings (SSSR count). The second-order valence-corrected chi connectivity index (χ2v) is 6.31. The number of hydrogen-bond donors (Lipinski definition) is 2. The third kappa shape index (κ3) is 3.43. The van der Waals surface area contributed by atoms with E-state index in [0.29, 0.717) is 11.8 Å². The van der Waals surface area contributed by atoms with Gasteiger partial charge < -0.3 is 11.1 Å². The van der Waals surface area contributed by atoms with Crippen molar-refractivity contribution in [3.8, 4) is 0 Å². The lowest BCUT2D eigenvalue weighted by atomic mass is 10.1. The average Bonchev–Trinajstić information content (AvgIpc) is 3.10. The maximum absolute atomic E-state index is 11.1. The number of amides is 1. The summed E-state index contributed by atoms with van der Waals surface area (Å²) in [6, 6.07) is 8.49. The molecule has 0 fully saturated rings. The molecule has 2 heterocycles. The van der Waals surface area contributed by atoms with Crippen molar-refractivity contribution in [3.05, 3.63) is 41.7 Å². The zero-order valence-electron chi connectivity index (χ0n) is 11.5. The lowest BCUT2D eigenvalue weighted by Gasteiger charge is -2.07. The molecule has 1 aliphatic heterocycles. The quantitative estimate of drug-likeness (QED) is 0.843. The number of carbonyl (C=O) groups excluding carboxylic acids is 1. The van der Waals surface area contributed by atoms with Crippen molar-refractivity contribution in [1.29, 1.82) is 0 Å². The van der Waals surface area contributed by atoms with Crippen LogP contribution >= 0.6 is 11.8 Å². The molecule has 0 radical (unpaired) electrons. The first kappa shape index (κ1) is 14.1. The van der Waals surface area contributed by atoms with Crippen molar-refractivity contribution in [2.24, 2.45) is 5.73 Å². The first-order chi connectivity index (χ1) is 10.2. The summed E-state index contributed by atoms with van der Waals surface area (Å²) in [5.41, 5.74) is 7.39. The minimum absolute atomic E-state index is 0.00882. The number of hydrogen-bond acceptors (Lipinski definition) is 5. The Hall–Kier alpha value is -1.86. The van der Waals surface area contributed by atoms with Crippen LogP contribution in [-0.2, 0) is 24.3 Å². The predicted octanol–water partition coefficient (Wildman–Crippen LogP) is 0.570. The molecule has 1 atom stereocenters. The third-order valence-electron chi connectivity index (χ3n) is 3.34. The Balaban J connectivity index is 1.55. The summed E-state index contributed by atoms with van der Waals surface area (Å²) in [7, 11) is 0. The van der Waals surface area contributed by atoms with E-state index in [1.807, 2.05) is 22.6 Å². The average molecular weight is 303 g/mol. The normalized spacial score (nSPS) is 16.7. The molecule has 0 aliphatic carbocycles. The van der Waals surface area contributed by atoms with Gasteiger partial charge in [-0.3, -0.25) is 9.48 Å². The predicted molar refractivity (Wildman–Crippen MR) is 80.7 cm³/mol. The third-order valence-corrected chi connectivity index (χ3v) is 4.64. The highest BCUT2D eigenvalue weighted by Crippen LogP contribution is 2.37. The largest absolute Gasteiger partial charge is 0.349 e. The number of aromatic nitrogens is 3. The minimum Gasteiger partial charge on any atom is -0.349 e. The molecule has 1 amide bonds. The number of nitrogens with zero attached hydrogens (tertiary/aromatic N) is 3. The van der Waals surface area contributed by atoms with Gasteiger partial charge in [-0.2, -0.15) is 0 Å². The fraction of sp³-hybridized carbons (Fsp3) is 0.357. The Kier molecular flexibility index (Phi) is 4.21. The van der Waals surface area contributed by atoms with Crippen LogP contribution in [0.1, 0.15) is 11.3 Å². The van der Waals surface area contributed by atoms with E-state index in [2.05, 4.69) is 39.9 Å². The molecule has 3 N–H and O–H groups in total. The van der Waals surface area contributed by atoms with Crippen molar-refractivity contribution in [3.63, 3.8) is 0 Å². The minimum atomic E-state index is -0.189. The van der Waals surface area contributed by atoms with Crippen molar-refractivity contribution in [2.75, 3.05) is 6.54 Å². The standard InChI is InChI=1S/C14H17N5OS/c15-6-14(20)16-7-11-8-19(18-17-11)9-12-5-10-3-1-2-4-13(10)21-12/h1-4,8,12H,5-7,9,15H2,(H,16,20). The molecule has 1 unspecified atom stereocenters. The maximum atomic E-state index is 11.1. The lowest BCUT2D eigenvalue weighted by molar-refractivity contribution is -0.119. The molecule has 110 valence electrons. The number of carbonyl (C=O) groups is 1. The SMILES string of the molecule is NCC(=O)NCc1cn(CC2Cc3ccccc3S2)nn1. The Morgan fingerprint density at radius 3 is 3.14 bits per heavy atom. The summed E-state index contributed by atoms with van der Waals surface area (Å²) < 4.78 is 1.84. The molecule has 0 saturated carbocycles. The van der Waals surface area contributed by atoms with Gasteiger partial charge in [0.25, 0.3) is 0 Å². The first-order valence-corrected chi connectivity index (χ1v) is 7.73. The molecule has 6 nitrogen and oxygen atoms in total. The highest BCUT2D eigenvalue weighted by Gasteiger charge is 2.22. The molecule has 1 aromatic carbocycles. The van der Waals surface area contributed by atoms with Crippen molar-refractivity contribution >= 4 is 17.7 Å². The Morgan fingerprint density at radius 2 is 2.33 bits per heavy atom. The summed E-state index contributed by atoms with van der Waals surface area (Å²) in [5.74, 6) is -0.189. The van der Waals surface area contributed by atoms with Crippen molar-refractivity contribution in [2.45, 2.75) is 29.7 Å². The summed E-state index contributed by atoms with van der Waals surface area (Å²) in [6.07, 6.45) is 2.93. The topological polar surface area (TPSA) is 85.8 Å². The molecule has 1 aliphatic rings. The second-order valence-electron chi connectivity index (χ2n) is 4.96. The number of nitrogens with two attached hydrogens (primary N) is 1. The molecule has 0 bridgehead atoms. The van der Waals surface area contributed by atoms with Gasteiger partial charge in [0, 0.05) is 10.1 Å². The lowest BCUT2D eigenvalue weighted by Crippen LogP contribution is -2.29. The van der Waals surface area contributed by atoms with Crippen molar-refractivity contribution < 1.29 is 4.79 Å². The Bertz CT molecular complexity index is 617. The van der Waals surface area contributed by atoms with Gasteiger partial charge in [-0.25, -0.2) is 0 Å². The highest BCUT2D eigenvalue weighted by atomic mass is 32.2. The summed E-state index contributed by atoms with van der Waals surface area (Å²) in [4.78, 5) is 12.5. The second kappa shape index (κ2) is 6.28. The van der Waals surface area contributed by atoms with Crippen LogP contribution in [-0.4, -0.2) is 32.7 Å². The molecular formula is C14H17N5OS. The Labute approximate surface area is 127 Å². The van der Waals surface area contributed by atoms with Gasteiger partial charge in [0.05, 0.1) is 25.8 Å². The van der Waals surface area contributed by atoms with Gasteiger partial charge >= 0.3 is 0 Å². The number of nitrogens with one attached hydrogen (secondary N) is 1. The molecule has 0 spiro atoms. The zero-order chi connectivity index (χ0) is 14.7. The van der Waals surface area contributed by atoms with E-state index in [1.54, 1.807) is 0 Å². The number of thioether (sulfide) groups is 1. The van der Waals surface area contributed by atoms with Gasteiger partial charge in [-0.05, 0) is 18.1 Å². The molecule has 7 heteroatoms. The van der Waals surface area contributed by atoms with Crippen LogP contribution in [0.2, 0.25) is 0 Å².